The second kappa shape index (κ2) is 4.11. The van der Waals surface area contributed by atoms with Crippen molar-refractivity contribution in [3.05, 3.63) is 12.7 Å². The van der Waals surface area contributed by atoms with Crippen molar-refractivity contribution in [1.82, 2.24) is 0 Å². The third-order valence-electron chi connectivity index (χ3n) is 0.623. The second-order valence-electron chi connectivity index (χ2n) is 1.24. The molecular weight excluding hydrogens is 101 g/mol. The molecule has 42 valence electrons. The van der Waals surface area contributed by atoms with E-state index in [0.717, 1.165) is 5.61 Å². The first-order chi connectivity index (χ1) is 3.81. The Morgan fingerprint density at radius 1 is 1.75 bits per heavy atom. The predicted octanol–water partition coefficient (Wildman–Crippen LogP) is -0.894. The number of hydrogen-bond acceptors (Lipinski definition) is 2. The van der Waals surface area contributed by atoms with Gasteiger partial charge in [-0.2, -0.15) is 5.10 Å². The molecule has 0 heterocycles. The van der Waals surface area contributed by atoms with Crippen LogP contribution in [0.1, 0.15) is 0 Å². The molecule has 2 N–H and O–H groups in total. The van der Waals surface area contributed by atoms with Gasteiger partial charge < -0.3 is 5.84 Å². The molecule has 0 aromatic carbocycles. The van der Waals surface area contributed by atoms with E-state index >= 15 is 0 Å². The Labute approximate surface area is 49.4 Å². The molecule has 8 heavy (non-hydrogen) atoms. The van der Waals surface area contributed by atoms with Crippen molar-refractivity contribution in [2.24, 2.45) is 15.9 Å². The number of hydrazone groups is 1. The van der Waals surface area contributed by atoms with Crippen molar-refractivity contribution in [1.29, 1.82) is 0 Å². The normalized spacial score (nSPS) is 12.2. The lowest BCUT2D eigenvalue weighted by atomic mass is 10.0. The van der Waals surface area contributed by atoms with E-state index in [1.165, 1.54) is 6.34 Å². The molecular formula is C4H8BN3. The molecule has 0 bridgehead atoms. The molecule has 0 unspecified atom stereocenters. The Morgan fingerprint density at radius 2 is 2.38 bits per heavy atom. The third-order valence-corrected chi connectivity index (χ3v) is 0.623. The van der Waals surface area contributed by atoms with Crippen molar-refractivity contribution in [2.45, 2.75) is 0 Å². The fourth-order valence-electron chi connectivity index (χ4n) is 0.177. The largest absolute Gasteiger partial charge is 0.322 e. The van der Waals surface area contributed by atoms with Gasteiger partial charge in [0.05, 0.1) is 0 Å². The maximum absolute atomic E-state index is 4.76. The van der Waals surface area contributed by atoms with Gasteiger partial charge in [-0.25, -0.2) is 0 Å². The molecule has 0 amide bonds. The molecule has 0 atom stereocenters. The number of aliphatic imine (C=N–C) groups is 1. The fraction of sp³-hybridized carbons (Fsp3) is 0. The summed E-state index contributed by atoms with van der Waals surface area (Å²) in [6.45, 7) is 3.48. The van der Waals surface area contributed by atoms with E-state index < -0.39 is 0 Å². The highest BCUT2D eigenvalue weighted by atomic mass is 15.1. The number of nitrogens with zero attached hydrogens (tertiary/aromatic N) is 2. The predicted molar refractivity (Wildman–Crippen MR) is 38.9 cm³/mol. The highest BCUT2D eigenvalue weighted by Crippen LogP contribution is 1.67. The summed E-state index contributed by atoms with van der Waals surface area (Å²) in [5.74, 6) is 4.76. The Bertz CT molecular complexity index is 127. The zero-order chi connectivity index (χ0) is 6.41. The van der Waals surface area contributed by atoms with E-state index in [-0.39, 0.29) is 0 Å². The first kappa shape index (κ1) is 6.94. The van der Waals surface area contributed by atoms with Gasteiger partial charge in [-0.1, -0.05) is 12.7 Å². The monoisotopic (exact) mass is 109 g/mol. The van der Waals surface area contributed by atoms with Gasteiger partial charge in [0, 0.05) is 0 Å². The Kier molecular flexibility index (Phi) is 3.57. The lowest BCUT2D eigenvalue weighted by Gasteiger charge is -1.80. The first-order valence-electron chi connectivity index (χ1n) is 2.20. The van der Waals surface area contributed by atoms with E-state index in [4.69, 9.17) is 5.84 Å². The smallest absolute Gasteiger partial charge is 0.163 e. The summed E-state index contributed by atoms with van der Waals surface area (Å²) < 4.78 is 0. The number of hydrogen-bond donors (Lipinski definition) is 1. The summed E-state index contributed by atoms with van der Waals surface area (Å²) in [5, 5.41) is 3.16. The van der Waals surface area contributed by atoms with Crippen LogP contribution in [0, 0.1) is 0 Å². The zero-order valence-electron chi connectivity index (χ0n) is 4.83. The van der Waals surface area contributed by atoms with Gasteiger partial charge in [0.25, 0.3) is 0 Å². The van der Waals surface area contributed by atoms with Gasteiger partial charge in [-0.15, -0.1) is 0 Å². The van der Waals surface area contributed by atoms with Crippen LogP contribution in [0.25, 0.3) is 0 Å². The highest BCUT2D eigenvalue weighted by Gasteiger charge is 1.73. The van der Waals surface area contributed by atoms with Gasteiger partial charge >= 0.3 is 0 Å². The highest BCUT2D eigenvalue weighted by molar-refractivity contribution is 6.63. The van der Waals surface area contributed by atoms with Crippen LogP contribution in [0.3, 0.4) is 0 Å². The maximum Gasteiger partial charge on any atom is 0.163 e. The molecule has 0 spiro atoms. The van der Waals surface area contributed by atoms with Crippen molar-refractivity contribution in [2.75, 3.05) is 0 Å². The summed E-state index contributed by atoms with van der Waals surface area (Å²) in [4.78, 5) is 3.74. The summed E-state index contributed by atoms with van der Waals surface area (Å²) in [6, 6.07) is 0. The van der Waals surface area contributed by atoms with Crippen LogP contribution >= 0.6 is 0 Å². The van der Waals surface area contributed by atoms with Crippen molar-refractivity contribution >= 4 is 19.8 Å². The van der Waals surface area contributed by atoms with Gasteiger partial charge in [0.2, 0.25) is 0 Å². The number of rotatable bonds is 2. The second-order valence-corrected chi connectivity index (χ2v) is 1.24. The van der Waals surface area contributed by atoms with E-state index in [2.05, 4.69) is 16.7 Å². The lowest BCUT2D eigenvalue weighted by Crippen LogP contribution is -1.90. The Morgan fingerprint density at radius 3 is 2.75 bits per heavy atom. The fourth-order valence-corrected chi connectivity index (χ4v) is 0.177. The molecule has 3 nitrogen and oxygen atoms in total. The lowest BCUT2D eigenvalue weighted by molar-refractivity contribution is 1.25. The van der Waals surface area contributed by atoms with Gasteiger partial charge in [-0.3, -0.25) is 4.99 Å². The van der Waals surface area contributed by atoms with Crippen molar-refractivity contribution in [3.8, 4) is 0 Å². The number of nitrogens with two attached hydrogens (primary N) is 1. The molecule has 0 rings (SSSR count). The van der Waals surface area contributed by atoms with Crippen LogP contribution in [0.4, 0.5) is 0 Å². The van der Waals surface area contributed by atoms with Crippen LogP contribution in [-0.4, -0.2) is 19.8 Å². The van der Waals surface area contributed by atoms with Crippen LogP contribution < -0.4 is 5.84 Å². The summed E-state index contributed by atoms with van der Waals surface area (Å²) in [7, 11) is 1.81. The molecule has 4 heteroatoms. The SMILES string of the molecule is B/C(C=C)=N/C=N\N. The topological polar surface area (TPSA) is 50.7 Å². The molecule has 0 saturated carbocycles. The molecule has 0 aliphatic rings. The summed E-state index contributed by atoms with van der Waals surface area (Å²) >= 11 is 0. The first-order valence-corrected chi connectivity index (χ1v) is 2.20. The minimum Gasteiger partial charge on any atom is -0.322 e. The summed E-state index contributed by atoms with van der Waals surface area (Å²) in [5.41, 5.74) is 0.805. The standard InChI is InChI=1S/C4H8BN3/c1-2-4(5)7-3-8-6/h2-3H,1,5-6H2/b7-4+,8-3-. The molecule has 0 fully saturated rings. The van der Waals surface area contributed by atoms with E-state index in [1.54, 1.807) is 6.08 Å². The molecule has 0 aromatic heterocycles. The molecule has 0 radical (unpaired) electrons. The van der Waals surface area contributed by atoms with Crippen LogP contribution in [0.5, 0.6) is 0 Å². The molecule has 0 saturated heterocycles. The van der Waals surface area contributed by atoms with Crippen molar-refractivity contribution in [3.63, 3.8) is 0 Å². The number of allylic oxidation sites excluding steroid dienone is 1. The zero-order valence-corrected chi connectivity index (χ0v) is 4.83. The summed E-state index contributed by atoms with van der Waals surface area (Å²) in [6.07, 6.45) is 2.90. The quantitative estimate of drug-likeness (QED) is 0.161. The minimum atomic E-state index is 0.805. The van der Waals surface area contributed by atoms with Gasteiger partial charge in [0.1, 0.15) is 6.34 Å². The van der Waals surface area contributed by atoms with E-state index in [9.17, 15) is 0 Å². The third kappa shape index (κ3) is 3.15. The van der Waals surface area contributed by atoms with Gasteiger partial charge in [0.15, 0.2) is 7.85 Å². The van der Waals surface area contributed by atoms with Crippen LogP contribution in [0.2, 0.25) is 0 Å². The van der Waals surface area contributed by atoms with E-state index in [0.29, 0.717) is 0 Å². The maximum atomic E-state index is 4.76. The minimum absolute atomic E-state index is 0.805. The molecule has 0 aliphatic carbocycles. The van der Waals surface area contributed by atoms with Crippen LogP contribution in [-0.2, 0) is 0 Å². The molecule has 0 aromatic rings. The average molecular weight is 109 g/mol. The Hall–Kier alpha value is -1.06. The van der Waals surface area contributed by atoms with E-state index in [1.807, 2.05) is 7.85 Å². The van der Waals surface area contributed by atoms with Gasteiger partial charge in [-0.05, 0) is 5.61 Å². The van der Waals surface area contributed by atoms with Crippen molar-refractivity contribution < 1.29 is 0 Å². The average Bonchev–Trinajstić information content (AvgIpc) is 1.83. The molecule has 0 aliphatic heterocycles. The van der Waals surface area contributed by atoms with Crippen LogP contribution in [0.15, 0.2) is 22.7 Å². The Balaban J connectivity index is 3.74.